The van der Waals surface area contributed by atoms with Crippen LogP contribution in [-0.4, -0.2) is 50.5 Å². The second-order valence-corrected chi connectivity index (χ2v) is 9.55. The van der Waals surface area contributed by atoms with E-state index in [1.54, 1.807) is 18.7 Å². The van der Waals surface area contributed by atoms with Crippen LogP contribution >= 0.6 is 11.8 Å². The summed E-state index contributed by atoms with van der Waals surface area (Å²) in [5.74, 6) is 1.30. The van der Waals surface area contributed by atoms with E-state index in [9.17, 15) is 18.3 Å². The van der Waals surface area contributed by atoms with Crippen LogP contribution in [0.5, 0.6) is 0 Å². The zero-order valence-electron chi connectivity index (χ0n) is 18.8. The molecule has 1 fully saturated rings. The van der Waals surface area contributed by atoms with Gasteiger partial charge >= 0.3 is 6.18 Å². The molecule has 11 heteroatoms. The molecule has 1 saturated carbocycles. The summed E-state index contributed by atoms with van der Waals surface area (Å²) >= 11 is 1.55. The summed E-state index contributed by atoms with van der Waals surface area (Å²) in [6, 6.07) is 2.09. The Morgan fingerprint density at radius 2 is 1.91 bits per heavy atom. The first-order valence-corrected chi connectivity index (χ1v) is 11.9. The molecule has 0 amide bonds. The summed E-state index contributed by atoms with van der Waals surface area (Å²) < 4.78 is 38.2. The Balaban J connectivity index is 1.72. The lowest BCUT2D eigenvalue weighted by molar-refractivity contribution is -0.115. The third-order valence-corrected chi connectivity index (χ3v) is 6.87. The molecule has 4 rings (SSSR count). The molecule has 0 radical (unpaired) electrons. The van der Waals surface area contributed by atoms with Crippen LogP contribution in [0.15, 0.2) is 11.1 Å². The van der Waals surface area contributed by atoms with Gasteiger partial charge in [-0.1, -0.05) is 0 Å². The first-order chi connectivity index (χ1) is 15.6. The molecule has 2 aromatic rings. The number of aliphatic imine (C=N–C) groups is 1. The van der Waals surface area contributed by atoms with Gasteiger partial charge in [0.1, 0.15) is 17.4 Å². The molecule has 1 aliphatic heterocycles. The van der Waals surface area contributed by atoms with Crippen molar-refractivity contribution in [2.45, 2.75) is 58.0 Å². The maximum atomic E-state index is 12.7. The van der Waals surface area contributed by atoms with Gasteiger partial charge in [0.2, 0.25) is 5.95 Å². The fourth-order valence-electron chi connectivity index (χ4n) is 4.33. The Kier molecular flexibility index (Phi) is 6.81. The van der Waals surface area contributed by atoms with Crippen LogP contribution in [0.2, 0.25) is 0 Å². The Morgan fingerprint density at radius 3 is 2.61 bits per heavy atom. The molecule has 2 atom stereocenters. The molecule has 178 valence electrons. The predicted molar refractivity (Wildman–Crippen MR) is 124 cm³/mol. The maximum absolute atomic E-state index is 12.7. The molecule has 1 aliphatic carbocycles. The van der Waals surface area contributed by atoms with Crippen LogP contribution in [0.3, 0.4) is 0 Å². The van der Waals surface area contributed by atoms with E-state index in [4.69, 9.17) is 4.99 Å². The lowest BCUT2D eigenvalue weighted by Gasteiger charge is -2.22. The number of hydrogen-bond donors (Lipinski definition) is 3. The molecule has 3 heterocycles. The van der Waals surface area contributed by atoms with Gasteiger partial charge in [-0.15, -0.1) is 11.8 Å². The van der Waals surface area contributed by atoms with Gasteiger partial charge in [-0.05, 0) is 57.6 Å². The Hall–Kier alpha value is -2.40. The quantitative estimate of drug-likeness (QED) is 0.553. The standard InChI is InChI=1S/C22H27F3N6OS/c1-11-6-15-9-33-20(30-18(15)13(3)27-11)17-12(2)28-21(26-10-22(23,24)25)31-19(17)29-16-5-4-14(7-16)8-32/h6,14,16,32H,4-5,7-10H2,1-3H3,(H2,26,28,29,31). The van der Waals surface area contributed by atoms with Crippen molar-refractivity contribution in [2.24, 2.45) is 10.9 Å². The van der Waals surface area contributed by atoms with Crippen molar-refractivity contribution in [1.29, 1.82) is 0 Å². The van der Waals surface area contributed by atoms with Crippen LogP contribution < -0.4 is 10.6 Å². The van der Waals surface area contributed by atoms with Crippen LogP contribution in [0.1, 0.15) is 47.5 Å². The molecular weight excluding hydrogens is 453 g/mol. The number of fused-ring (bicyclic) bond motifs is 1. The van der Waals surface area contributed by atoms with E-state index in [1.807, 2.05) is 19.9 Å². The summed E-state index contributed by atoms with van der Waals surface area (Å²) in [4.78, 5) is 18.1. The van der Waals surface area contributed by atoms with Gasteiger partial charge in [0.05, 0.1) is 22.6 Å². The van der Waals surface area contributed by atoms with Crippen molar-refractivity contribution in [2.75, 3.05) is 23.8 Å². The van der Waals surface area contributed by atoms with E-state index in [0.717, 1.165) is 46.9 Å². The van der Waals surface area contributed by atoms with Gasteiger partial charge in [-0.25, -0.2) is 9.98 Å². The molecule has 7 nitrogen and oxygen atoms in total. The average Bonchev–Trinajstić information content (AvgIpc) is 3.19. The van der Waals surface area contributed by atoms with Gasteiger partial charge in [0, 0.05) is 24.1 Å². The highest BCUT2D eigenvalue weighted by atomic mass is 32.2. The van der Waals surface area contributed by atoms with Crippen molar-refractivity contribution in [3.8, 4) is 0 Å². The minimum Gasteiger partial charge on any atom is -0.396 e. The largest absolute Gasteiger partial charge is 0.405 e. The number of aliphatic hydroxyl groups is 1. The number of anilines is 2. The molecular formula is C22H27F3N6OS. The third-order valence-electron chi connectivity index (χ3n) is 5.84. The number of aromatic nitrogens is 3. The molecule has 0 bridgehead atoms. The first kappa shape index (κ1) is 23.7. The molecule has 0 aromatic carbocycles. The lowest BCUT2D eigenvalue weighted by Crippen LogP contribution is -2.25. The van der Waals surface area contributed by atoms with Crippen LogP contribution in [0.25, 0.3) is 0 Å². The minimum absolute atomic E-state index is 0.0678. The van der Waals surface area contributed by atoms with Gasteiger partial charge in [-0.2, -0.15) is 18.2 Å². The number of hydrogen-bond acceptors (Lipinski definition) is 8. The number of halogens is 3. The van der Waals surface area contributed by atoms with E-state index in [-0.39, 0.29) is 24.5 Å². The summed E-state index contributed by atoms with van der Waals surface area (Å²) in [5.41, 5.74) is 4.93. The number of thioether (sulfide) groups is 1. The Bertz CT molecular complexity index is 1080. The fourth-order valence-corrected chi connectivity index (χ4v) is 5.39. The molecule has 2 unspecified atom stereocenters. The lowest BCUT2D eigenvalue weighted by atomic mass is 10.1. The maximum Gasteiger partial charge on any atom is 0.405 e. The second kappa shape index (κ2) is 9.46. The van der Waals surface area contributed by atoms with E-state index in [1.165, 1.54) is 0 Å². The fraction of sp³-hybridized carbons (Fsp3) is 0.545. The topological polar surface area (TPSA) is 95.3 Å². The smallest absolute Gasteiger partial charge is 0.396 e. The summed E-state index contributed by atoms with van der Waals surface area (Å²) in [5, 5.41) is 15.9. The van der Waals surface area contributed by atoms with Crippen LogP contribution in [0, 0.1) is 26.7 Å². The average molecular weight is 481 g/mol. The van der Waals surface area contributed by atoms with Crippen molar-refractivity contribution < 1.29 is 18.3 Å². The van der Waals surface area contributed by atoms with E-state index in [2.05, 4.69) is 25.6 Å². The summed E-state index contributed by atoms with van der Waals surface area (Å²) in [7, 11) is 0. The van der Waals surface area contributed by atoms with Gasteiger partial charge in [0.25, 0.3) is 0 Å². The van der Waals surface area contributed by atoms with Gasteiger partial charge in [-0.3, -0.25) is 4.98 Å². The van der Waals surface area contributed by atoms with Gasteiger partial charge in [0.15, 0.2) is 0 Å². The van der Waals surface area contributed by atoms with Crippen LogP contribution in [0.4, 0.5) is 30.6 Å². The Morgan fingerprint density at radius 1 is 1.12 bits per heavy atom. The number of pyridine rings is 1. The first-order valence-electron chi connectivity index (χ1n) is 10.9. The highest BCUT2D eigenvalue weighted by Crippen LogP contribution is 2.38. The SMILES string of the molecule is Cc1cc2c(c(C)n1)N=C(c1c(C)nc(NCC(F)(F)F)nc1NC1CCC(CO)C1)SC2. The number of aryl methyl sites for hydroxylation is 3. The predicted octanol–water partition coefficient (Wildman–Crippen LogP) is 4.67. The summed E-state index contributed by atoms with van der Waals surface area (Å²) in [6.07, 6.45) is -1.86. The molecule has 2 aromatic heterocycles. The number of rotatable bonds is 6. The van der Waals surface area contributed by atoms with Crippen molar-refractivity contribution >= 4 is 34.3 Å². The van der Waals surface area contributed by atoms with Crippen molar-refractivity contribution in [3.05, 3.63) is 34.3 Å². The highest BCUT2D eigenvalue weighted by molar-refractivity contribution is 8.13. The number of aliphatic hydroxyl groups excluding tert-OH is 1. The van der Waals surface area contributed by atoms with Crippen molar-refractivity contribution in [1.82, 2.24) is 15.0 Å². The minimum atomic E-state index is -4.38. The van der Waals surface area contributed by atoms with Crippen molar-refractivity contribution in [3.63, 3.8) is 0 Å². The monoisotopic (exact) mass is 480 g/mol. The highest BCUT2D eigenvalue weighted by Gasteiger charge is 2.30. The molecule has 33 heavy (non-hydrogen) atoms. The molecule has 0 saturated heterocycles. The zero-order valence-corrected chi connectivity index (χ0v) is 19.6. The third kappa shape index (κ3) is 5.57. The van der Waals surface area contributed by atoms with Gasteiger partial charge < -0.3 is 15.7 Å². The zero-order chi connectivity index (χ0) is 23.8. The summed E-state index contributed by atoms with van der Waals surface area (Å²) in [6.45, 7) is 4.53. The molecule has 2 aliphatic rings. The number of nitrogens with zero attached hydrogens (tertiary/aromatic N) is 4. The molecule has 0 spiro atoms. The molecule has 3 N–H and O–H groups in total. The number of nitrogens with one attached hydrogen (secondary N) is 2. The van der Waals surface area contributed by atoms with E-state index >= 15 is 0 Å². The Labute approximate surface area is 194 Å². The second-order valence-electron chi connectivity index (χ2n) is 8.59. The van der Waals surface area contributed by atoms with Crippen LogP contribution in [-0.2, 0) is 5.75 Å². The van der Waals surface area contributed by atoms with E-state index < -0.39 is 12.7 Å². The number of alkyl halides is 3. The normalized spacial score (nSPS) is 20.4. The van der Waals surface area contributed by atoms with E-state index in [0.29, 0.717) is 22.8 Å².